The average molecular weight is 322 g/mol. The molecule has 1 atom stereocenters. The standard InChI is InChI=1S/C16H19N3O2.ClH/c17-10-12-4-3-8-19(12)16(21)11-18-9-7-15(20)13-5-1-2-6-14(13)18;/h1-2,5-7,9,12H,3-4,8,10-11,17H2;1H. The molecule has 1 unspecified atom stereocenters. The van der Waals surface area contributed by atoms with Gasteiger partial charge in [-0.2, -0.15) is 0 Å². The van der Waals surface area contributed by atoms with Crippen LogP contribution in [-0.4, -0.2) is 34.5 Å². The Morgan fingerprint density at radius 3 is 2.82 bits per heavy atom. The van der Waals surface area contributed by atoms with Gasteiger partial charge >= 0.3 is 0 Å². The van der Waals surface area contributed by atoms with E-state index in [1.165, 1.54) is 6.07 Å². The van der Waals surface area contributed by atoms with Crippen LogP contribution in [0, 0.1) is 0 Å². The molecule has 6 heteroatoms. The first-order chi connectivity index (χ1) is 10.2. The number of benzene rings is 1. The van der Waals surface area contributed by atoms with Crippen molar-refractivity contribution in [3.8, 4) is 0 Å². The van der Waals surface area contributed by atoms with E-state index in [0.717, 1.165) is 24.9 Å². The first kappa shape index (κ1) is 16.5. The van der Waals surface area contributed by atoms with Gasteiger partial charge in [-0.1, -0.05) is 12.1 Å². The monoisotopic (exact) mass is 321 g/mol. The van der Waals surface area contributed by atoms with E-state index in [1.54, 1.807) is 12.3 Å². The molecule has 118 valence electrons. The molecular formula is C16H20ClN3O2. The Hall–Kier alpha value is -1.85. The van der Waals surface area contributed by atoms with E-state index in [2.05, 4.69) is 0 Å². The minimum absolute atomic E-state index is 0. The Kier molecular flexibility index (Phi) is 5.21. The molecule has 0 spiro atoms. The Bertz CT molecular complexity index is 729. The SMILES string of the molecule is Cl.NCC1CCCN1C(=O)Cn1ccc(=O)c2ccccc21. The summed E-state index contributed by atoms with van der Waals surface area (Å²) in [6.07, 6.45) is 3.68. The topological polar surface area (TPSA) is 68.3 Å². The lowest BCUT2D eigenvalue weighted by Gasteiger charge is -2.24. The zero-order chi connectivity index (χ0) is 14.8. The second-order valence-corrected chi connectivity index (χ2v) is 5.44. The van der Waals surface area contributed by atoms with Crippen molar-refractivity contribution in [2.24, 2.45) is 5.73 Å². The number of para-hydroxylation sites is 1. The predicted molar refractivity (Wildman–Crippen MR) is 89.2 cm³/mol. The summed E-state index contributed by atoms with van der Waals surface area (Å²) in [5.41, 5.74) is 6.50. The summed E-state index contributed by atoms with van der Waals surface area (Å²) in [7, 11) is 0. The van der Waals surface area contributed by atoms with Crippen LogP contribution in [-0.2, 0) is 11.3 Å². The molecule has 1 aromatic carbocycles. The fraction of sp³-hybridized carbons (Fsp3) is 0.375. The summed E-state index contributed by atoms with van der Waals surface area (Å²) in [4.78, 5) is 26.2. The van der Waals surface area contributed by atoms with E-state index >= 15 is 0 Å². The highest BCUT2D eigenvalue weighted by atomic mass is 35.5. The number of rotatable bonds is 3. The number of nitrogens with zero attached hydrogens (tertiary/aromatic N) is 2. The highest BCUT2D eigenvalue weighted by Crippen LogP contribution is 2.17. The minimum Gasteiger partial charge on any atom is -0.338 e. The quantitative estimate of drug-likeness (QED) is 0.928. The van der Waals surface area contributed by atoms with E-state index in [9.17, 15) is 9.59 Å². The van der Waals surface area contributed by atoms with E-state index in [1.807, 2.05) is 27.7 Å². The normalized spacial score (nSPS) is 17.5. The second kappa shape index (κ2) is 6.94. The number of hydrogen-bond donors (Lipinski definition) is 1. The molecule has 0 radical (unpaired) electrons. The molecule has 5 nitrogen and oxygen atoms in total. The third-order valence-electron chi connectivity index (χ3n) is 4.16. The molecule has 22 heavy (non-hydrogen) atoms. The summed E-state index contributed by atoms with van der Waals surface area (Å²) >= 11 is 0. The Morgan fingerprint density at radius 2 is 2.05 bits per heavy atom. The zero-order valence-corrected chi connectivity index (χ0v) is 13.1. The summed E-state index contributed by atoms with van der Waals surface area (Å²) in [6, 6.07) is 9.04. The van der Waals surface area contributed by atoms with Crippen LogP contribution in [0.15, 0.2) is 41.3 Å². The van der Waals surface area contributed by atoms with Gasteiger partial charge in [-0.15, -0.1) is 12.4 Å². The van der Waals surface area contributed by atoms with Gasteiger partial charge in [-0.3, -0.25) is 9.59 Å². The lowest BCUT2D eigenvalue weighted by atomic mass is 10.2. The third-order valence-corrected chi connectivity index (χ3v) is 4.16. The van der Waals surface area contributed by atoms with Crippen LogP contribution in [0.25, 0.3) is 10.9 Å². The smallest absolute Gasteiger partial charge is 0.242 e. The molecule has 1 aliphatic heterocycles. The maximum atomic E-state index is 12.5. The van der Waals surface area contributed by atoms with Crippen molar-refractivity contribution in [3.05, 3.63) is 46.8 Å². The molecule has 2 heterocycles. The number of fused-ring (bicyclic) bond motifs is 1. The number of carbonyl (C=O) groups is 1. The Balaban J connectivity index is 0.00000176. The van der Waals surface area contributed by atoms with Crippen LogP contribution in [0.4, 0.5) is 0 Å². The number of pyridine rings is 1. The van der Waals surface area contributed by atoms with Crippen LogP contribution in [0.5, 0.6) is 0 Å². The number of likely N-dealkylation sites (tertiary alicyclic amines) is 1. The van der Waals surface area contributed by atoms with Gasteiger partial charge in [0, 0.05) is 36.8 Å². The summed E-state index contributed by atoms with van der Waals surface area (Å²) in [5.74, 6) is 0.0664. The first-order valence-electron chi connectivity index (χ1n) is 7.28. The molecule has 0 aliphatic carbocycles. The zero-order valence-electron chi connectivity index (χ0n) is 12.3. The van der Waals surface area contributed by atoms with Gasteiger partial charge in [0.05, 0.1) is 5.52 Å². The third kappa shape index (κ3) is 3.00. The van der Waals surface area contributed by atoms with Crippen molar-refractivity contribution in [1.29, 1.82) is 0 Å². The van der Waals surface area contributed by atoms with Crippen molar-refractivity contribution >= 4 is 29.2 Å². The van der Waals surface area contributed by atoms with E-state index in [-0.39, 0.29) is 36.3 Å². The van der Waals surface area contributed by atoms with Gasteiger partial charge in [0.2, 0.25) is 5.91 Å². The van der Waals surface area contributed by atoms with Crippen LogP contribution in [0.2, 0.25) is 0 Å². The van der Waals surface area contributed by atoms with Crippen LogP contribution >= 0.6 is 12.4 Å². The molecule has 1 aromatic heterocycles. The van der Waals surface area contributed by atoms with Gasteiger partial charge in [0.15, 0.2) is 5.43 Å². The van der Waals surface area contributed by atoms with Crippen molar-refractivity contribution in [2.45, 2.75) is 25.4 Å². The first-order valence-corrected chi connectivity index (χ1v) is 7.28. The second-order valence-electron chi connectivity index (χ2n) is 5.44. The minimum atomic E-state index is -0.0182. The van der Waals surface area contributed by atoms with E-state index < -0.39 is 0 Å². The van der Waals surface area contributed by atoms with Crippen molar-refractivity contribution in [2.75, 3.05) is 13.1 Å². The molecule has 2 aromatic rings. The maximum absolute atomic E-state index is 12.5. The summed E-state index contributed by atoms with van der Waals surface area (Å²) in [6.45, 7) is 1.53. The molecule has 1 aliphatic rings. The number of carbonyl (C=O) groups excluding carboxylic acids is 1. The van der Waals surface area contributed by atoms with Crippen LogP contribution in [0.3, 0.4) is 0 Å². The maximum Gasteiger partial charge on any atom is 0.242 e. The van der Waals surface area contributed by atoms with E-state index in [4.69, 9.17) is 5.73 Å². The lowest BCUT2D eigenvalue weighted by molar-refractivity contribution is -0.132. The lowest BCUT2D eigenvalue weighted by Crippen LogP contribution is -2.41. The molecule has 0 bridgehead atoms. The van der Waals surface area contributed by atoms with Gasteiger partial charge in [0.25, 0.3) is 0 Å². The summed E-state index contributed by atoms with van der Waals surface area (Å²) in [5, 5.41) is 0.643. The summed E-state index contributed by atoms with van der Waals surface area (Å²) < 4.78 is 1.84. The number of nitrogens with two attached hydrogens (primary N) is 1. The van der Waals surface area contributed by atoms with Crippen LogP contribution < -0.4 is 11.2 Å². The molecule has 1 fully saturated rings. The van der Waals surface area contributed by atoms with Gasteiger partial charge in [-0.05, 0) is 25.0 Å². The van der Waals surface area contributed by atoms with Crippen molar-refractivity contribution in [3.63, 3.8) is 0 Å². The van der Waals surface area contributed by atoms with Gasteiger partial charge in [0.1, 0.15) is 6.54 Å². The molecule has 0 saturated carbocycles. The largest absolute Gasteiger partial charge is 0.338 e. The predicted octanol–water partition coefficient (Wildman–Crippen LogP) is 1.37. The average Bonchev–Trinajstić information content (AvgIpc) is 2.99. The number of halogens is 1. The molecular weight excluding hydrogens is 302 g/mol. The number of amides is 1. The Labute approximate surface area is 135 Å². The molecule has 1 amide bonds. The highest BCUT2D eigenvalue weighted by molar-refractivity contribution is 5.85. The van der Waals surface area contributed by atoms with Crippen molar-refractivity contribution in [1.82, 2.24) is 9.47 Å². The fourth-order valence-electron chi connectivity index (χ4n) is 3.04. The highest BCUT2D eigenvalue weighted by Gasteiger charge is 2.27. The van der Waals surface area contributed by atoms with Crippen LogP contribution in [0.1, 0.15) is 12.8 Å². The Morgan fingerprint density at radius 1 is 1.27 bits per heavy atom. The fourth-order valence-corrected chi connectivity index (χ4v) is 3.04. The molecule has 2 N–H and O–H groups in total. The molecule has 3 rings (SSSR count). The molecule has 1 saturated heterocycles. The number of aromatic nitrogens is 1. The number of hydrogen-bond acceptors (Lipinski definition) is 3. The van der Waals surface area contributed by atoms with Gasteiger partial charge < -0.3 is 15.2 Å². The van der Waals surface area contributed by atoms with E-state index in [0.29, 0.717) is 11.9 Å². The van der Waals surface area contributed by atoms with Crippen molar-refractivity contribution < 1.29 is 4.79 Å². The van der Waals surface area contributed by atoms with Gasteiger partial charge in [-0.25, -0.2) is 0 Å².